The topological polar surface area (TPSA) is 49.4 Å². The lowest BCUT2D eigenvalue weighted by Gasteiger charge is -2.38. The molecule has 2 atom stereocenters. The molecular formula is C14H16ClFN2O2. The van der Waals surface area contributed by atoms with Gasteiger partial charge in [-0.1, -0.05) is 25.4 Å². The summed E-state index contributed by atoms with van der Waals surface area (Å²) < 4.78 is 13.5. The van der Waals surface area contributed by atoms with Crippen LogP contribution >= 0.6 is 11.6 Å². The fourth-order valence-corrected chi connectivity index (χ4v) is 2.61. The molecule has 2 unspecified atom stereocenters. The molecule has 0 aliphatic carbocycles. The Hall–Kier alpha value is -1.62. The second-order valence-corrected chi connectivity index (χ2v) is 5.17. The fourth-order valence-electron chi connectivity index (χ4n) is 2.40. The van der Waals surface area contributed by atoms with E-state index < -0.39 is 17.9 Å². The van der Waals surface area contributed by atoms with E-state index in [1.807, 2.05) is 6.92 Å². The Morgan fingerprint density at radius 1 is 1.25 bits per heavy atom. The van der Waals surface area contributed by atoms with Crippen LogP contribution in [0.25, 0.3) is 0 Å². The van der Waals surface area contributed by atoms with Crippen molar-refractivity contribution < 1.29 is 14.0 Å². The average Bonchev–Trinajstić information content (AvgIpc) is 2.39. The van der Waals surface area contributed by atoms with Crippen LogP contribution in [0.3, 0.4) is 0 Å². The Kier molecular flexibility index (Phi) is 4.28. The lowest BCUT2D eigenvalue weighted by molar-refractivity contribution is -0.134. The molecule has 6 heteroatoms. The van der Waals surface area contributed by atoms with Gasteiger partial charge >= 0.3 is 0 Å². The van der Waals surface area contributed by atoms with Gasteiger partial charge in [-0.3, -0.25) is 14.5 Å². The van der Waals surface area contributed by atoms with Gasteiger partial charge in [0.25, 0.3) is 0 Å². The maximum Gasteiger partial charge on any atom is 0.250 e. The van der Waals surface area contributed by atoms with E-state index in [-0.39, 0.29) is 16.8 Å². The molecule has 0 bridgehead atoms. The molecular weight excluding hydrogens is 283 g/mol. The highest BCUT2D eigenvalue weighted by Gasteiger charge is 2.39. The largest absolute Gasteiger partial charge is 0.342 e. The van der Waals surface area contributed by atoms with Crippen LogP contribution in [0.2, 0.25) is 5.02 Å². The predicted octanol–water partition coefficient (Wildman–Crippen LogP) is 2.50. The van der Waals surface area contributed by atoms with Gasteiger partial charge in [0.2, 0.25) is 11.8 Å². The molecule has 1 aromatic carbocycles. The number of rotatable bonds is 3. The van der Waals surface area contributed by atoms with Crippen LogP contribution in [0.1, 0.15) is 26.7 Å². The summed E-state index contributed by atoms with van der Waals surface area (Å²) in [5.41, 5.74) is 0.320. The third-order valence-electron chi connectivity index (χ3n) is 3.39. The molecule has 2 rings (SSSR count). The molecule has 0 radical (unpaired) electrons. The van der Waals surface area contributed by atoms with Gasteiger partial charge in [-0.05, 0) is 31.0 Å². The Balaban J connectivity index is 2.47. The van der Waals surface area contributed by atoms with Gasteiger partial charge in [0.1, 0.15) is 17.9 Å². The van der Waals surface area contributed by atoms with Crippen molar-refractivity contribution in [1.29, 1.82) is 0 Å². The van der Waals surface area contributed by atoms with Gasteiger partial charge in [-0.25, -0.2) is 4.39 Å². The van der Waals surface area contributed by atoms with E-state index in [4.69, 9.17) is 11.6 Å². The van der Waals surface area contributed by atoms with Crippen LogP contribution in [0.15, 0.2) is 18.2 Å². The molecule has 2 amide bonds. The second kappa shape index (κ2) is 5.79. The molecule has 1 aromatic rings. The number of benzene rings is 1. The lowest BCUT2D eigenvalue weighted by Crippen LogP contribution is -2.63. The first-order chi connectivity index (χ1) is 9.47. The zero-order valence-corrected chi connectivity index (χ0v) is 12.1. The van der Waals surface area contributed by atoms with E-state index in [0.29, 0.717) is 18.5 Å². The van der Waals surface area contributed by atoms with Crippen LogP contribution in [-0.4, -0.2) is 23.9 Å². The molecule has 1 aliphatic rings. The summed E-state index contributed by atoms with van der Waals surface area (Å²) in [6.07, 6.45) is 0.933. The highest BCUT2D eigenvalue weighted by atomic mass is 35.5. The third-order valence-corrected chi connectivity index (χ3v) is 3.60. The summed E-state index contributed by atoms with van der Waals surface area (Å²) in [6, 6.07) is 2.67. The van der Waals surface area contributed by atoms with Gasteiger partial charge in [-0.2, -0.15) is 0 Å². The fraction of sp³-hybridized carbons (Fsp3) is 0.429. The average molecular weight is 299 g/mol. The van der Waals surface area contributed by atoms with Crippen LogP contribution in [0.5, 0.6) is 0 Å². The number of hydrogen-bond acceptors (Lipinski definition) is 2. The number of carbonyl (C=O) groups excluding carboxylic acids is 2. The molecule has 0 aromatic heterocycles. The summed E-state index contributed by atoms with van der Waals surface area (Å²) in [5, 5.41) is 2.88. The SMILES string of the molecule is CCC1NC(=O)C(CC)N(c2cc(F)cc(Cl)c2)C1=O. The number of carbonyl (C=O) groups is 2. The highest BCUT2D eigenvalue weighted by Crippen LogP contribution is 2.27. The zero-order valence-electron chi connectivity index (χ0n) is 11.3. The number of nitrogens with zero attached hydrogens (tertiary/aromatic N) is 1. The van der Waals surface area contributed by atoms with E-state index in [1.165, 1.54) is 17.0 Å². The number of piperazine rings is 1. The van der Waals surface area contributed by atoms with E-state index >= 15 is 0 Å². The molecule has 20 heavy (non-hydrogen) atoms. The maximum absolute atomic E-state index is 13.5. The standard InChI is InChI=1S/C14H16ClFN2O2/c1-3-11-14(20)18(12(4-2)13(19)17-11)10-6-8(15)5-9(16)7-10/h5-7,11-12H,3-4H2,1-2H3,(H,17,19). The Bertz CT molecular complexity index is 530. The summed E-state index contributed by atoms with van der Waals surface area (Å²) in [4.78, 5) is 25.9. The predicted molar refractivity (Wildman–Crippen MR) is 75.2 cm³/mol. The molecule has 1 heterocycles. The molecule has 1 aliphatic heterocycles. The third kappa shape index (κ3) is 2.63. The normalized spacial score (nSPS) is 22.9. The number of amides is 2. The first kappa shape index (κ1) is 14.8. The maximum atomic E-state index is 13.5. The molecule has 0 spiro atoms. The van der Waals surface area contributed by atoms with E-state index in [0.717, 1.165) is 6.07 Å². The van der Waals surface area contributed by atoms with Gasteiger partial charge in [-0.15, -0.1) is 0 Å². The Morgan fingerprint density at radius 3 is 2.50 bits per heavy atom. The van der Waals surface area contributed by atoms with Crippen molar-refractivity contribution in [2.45, 2.75) is 38.8 Å². The van der Waals surface area contributed by atoms with Crippen molar-refractivity contribution in [2.75, 3.05) is 4.90 Å². The van der Waals surface area contributed by atoms with Crippen molar-refractivity contribution >= 4 is 29.1 Å². The van der Waals surface area contributed by atoms with Crippen LogP contribution in [0, 0.1) is 5.82 Å². The highest BCUT2D eigenvalue weighted by molar-refractivity contribution is 6.31. The minimum Gasteiger partial charge on any atom is -0.342 e. The molecule has 1 saturated heterocycles. The summed E-state index contributed by atoms with van der Waals surface area (Å²) in [6.45, 7) is 3.61. The molecule has 1 fully saturated rings. The summed E-state index contributed by atoms with van der Waals surface area (Å²) in [7, 11) is 0. The number of halogens is 2. The first-order valence-corrected chi connectivity index (χ1v) is 6.95. The molecule has 4 nitrogen and oxygen atoms in total. The van der Waals surface area contributed by atoms with Crippen LogP contribution < -0.4 is 10.2 Å². The van der Waals surface area contributed by atoms with Crippen LogP contribution in [-0.2, 0) is 9.59 Å². The van der Waals surface area contributed by atoms with Crippen molar-refractivity contribution in [3.63, 3.8) is 0 Å². The van der Waals surface area contributed by atoms with Crippen LogP contribution in [0.4, 0.5) is 10.1 Å². The van der Waals surface area contributed by atoms with Gasteiger partial charge in [0, 0.05) is 10.7 Å². The smallest absolute Gasteiger partial charge is 0.250 e. The lowest BCUT2D eigenvalue weighted by atomic mass is 10.0. The Morgan fingerprint density at radius 2 is 1.95 bits per heavy atom. The van der Waals surface area contributed by atoms with E-state index in [1.54, 1.807) is 6.92 Å². The summed E-state index contributed by atoms with van der Waals surface area (Å²) >= 11 is 5.84. The van der Waals surface area contributed by atoms with E-state index in [9.17, 15) is 14.0 Å². The zero-order chi connectivity index (χ0) is 14.9. The minimum atomic E-state index is -0.636. The van der Waals surface area contributed by atoms with Crippen molar-refractivity contribution in [3.8, 4) is 0 Å². The number of hydrogen-bond donors (Lipinski definition) is 1. The quantitative estimate of drug-likeness (QED) is 0.932. The minimum absolute atomic E-state index is 0.196. The van der Waals surface area contributed by atoms with Gasteiger partial charge in [0.05, 0.1) is 0 Å². The first-order valence-electron chi connectivity index (χ1n) is 6.57. The van der Waals surface area contributed by atoms with E-state index in [2.05, 4.69) is 5.32 Å². The summed E-state index contributed by atoms with van der Waals surface area (Å²) in [5.74, 6) is -0.992. The Labute approximate surface area is 121 Å². The number of nitrogens with one attached hydrogen (secondary N) is 1. The monoisotopic (exact) mass is 298 g/mol. The molecule has 0 saturated carbocycles. The second-order valence-electron chi connectivity index (χ2n) is 4.73. The van der Waals surface area contributed by atoms with Crippen molar-refractivity contribution in [3.05, 3.63) is 29.0 Å². The van der Waals surface area contributed by atoms with Gasteiger partial charge in [0.15, 0.2) is 0 Å². The van der Waals surface area contributed by atoms with Gasteiger partial charge < -0.3 is 5.32 Å². The van der Waals surface area contributed by atoms with Crippen molar-refractivity contribution in [2.24, 2.45) is 0 Å². The molecule has 1 N–H and O–H groups in total. The molecule has 108 valence electrons. The van der Waals surface area contributed by atoms with Crippen molar-refractivity contribution in [1.82, 2.24) is 5.32 Å². The number of anilines is 1.